The molecule has 0 aliphatic carbocycles. The van der Waals surface area contributed by atoms with E-state index in [1.165, 1.54) is 9.58 Å². The minimum Gasteiger partial charge on any atom is -0.457 e. The van der Waals surface area contributed by atoms with Crippen molar-refractivity contribution in [1.29, 1.82) is 0 Å². The summed E-state index contributed by atoms with van der Waals surface area (Å²) in [6, 6.07) is 17.1. The number of rotatable bonds is 3. The third kappa shape index (κ3) is 3.40. The fourth-order valence-electron chi connectivity index (χ4n) is 2.12. The molecule has 5 nitrogen and oxygen atoms in total. The molecule has 0 bridgehead atoms. The number of hydrogen-bond acceptors (Lipinski definition) is 3. The summed E-state index contributed by atoms with van der Waals surface area (Å²) in [7, 11) is 3.39. The van der Waals surface area contributed by atoms with E-state index < -0.39 is 0 Å². The number of amides is 1. The van der Waals surface area contributed by atoms with Gasteiger partial charge < -0.3 is 9.64 Å². The summed E-state index contributed by atoms with van der Waals surface area (Å²) in [5.41, 5.74) is 1.86. The Bertz CT molecular complexity index is 793. The van der Waals surface area contributed by atoms with E-state index in [9.17, 15) is 4.79 Å². The standard InChI is InChI=1S/C18H17N3O2/c1-20(2)18(22)21-13-15(12-19-21)14-8-10-17(11-9-14)23-16-6-4-3-5-7-16/h3-13H,1-2H3. The lowest BCUT2D eigenvalue weighted by molar-refractivity contribution is 0.216. The van der Waals surface area contributed by atoms with Crippen LogP contribution in [-0.4, -0.2) is 34.8 Å². The highest BCUT2D eigenvalue weighted by Gasteiger charge is 2.10. The highest BCUT2D eigenvalue weighted by Crippen LogP contribution is 2.25. The molecular weight excluding hydrogens is 290 g/mol. The SMILES string of the molecule is CN(C)C(=O)n1cc(-c2ccc(Oc3ccccc3)cc2)cn1. The molecule has 0 atom stereocenters. The quantitative estimate of drug-likeness (QED) is 0.738. The van der Waals surface area contributed by atoms with E-state index in [4.69, 9.17) is 4.74 Å². The van der Waals surface area contributed by atoms with Crippen LogP contribution in [0, 0.1) is 0 Å². The third-order valence-corrected chi connectivity index (χ3v) is 3.33. The molecule has 5 heteroatoms. The van der Waals surface area contributed by atoms with Crippen molar-refractivity contribution in [3.05, 3.63) is 67.0 Å². The molecule has 0 radical (unpaired) electrons. The number of ether oxygens (including phenoxy) is 1. The fraction of sp³-hybridized carbons (Fsp3) is 0.111. The van der Waals surface area contributed by atoms with E-state index in [0.717, 1.165) is 22.6 Å². The smallest absolute Gasteiger partial charge is 0.344 e. The zero-order chi connectivity index (χ0) is 16.2. The minimum atomic E-state index is -0.180. The van der Waals surface area contributed by atoms with Gasteiger partial charge in [-0.25, -0.2) is 4.79 Å². The van der Waals surface area contributed by atoms with Gasteiger partial charge in [0, 0.05) is 25.9 Å². The topological polar surface area (TPSA) is 47.4 Å². The summed E-state index contributed by atoms with van der Waals surface area (Å²) in [5, 5.41) is 4.10. The van der Waals surface area contributed by atoms with Gasteiger partial charge in [-0.05, 0) is 29.8 Å². The number of carbonyl (C=O) groups excluding carboxylic acids is 1. The second-order valence-electron chi connectivity index (χ2n) is 5.29. The summed E-state index contributed by atoms with van der Waals surface area (Å²) in [5.74, 6) is 1.56. The largest absolute Gasteiger partial charge is 0.457 e. The molecule has 0 aliphatic heterocycles. The monoisotopic (exact) mass is 307 g/mol. The van der Waals surface area contributed by atoms with Crippen LogP contribution >= 0.6 is 0 Å². The van der Waals surface area contributed by atoms with Crippen LogP contribution in [0.3, 0.4) is 0 Å². The molecule has 116 valence electrons. The summed E-state index contributed by atoms with van der Waals surface area (Å²) < 4.78 is 7.09. The van der Waals surface area contributed by atoms with Crippen LogP contribution in [0.5, 0.6) is 11.5 Å². The van der Waals surface area contributed by atoms with E-state index >= 15 is 0 Å². The van der Waals surface area contributed by atoms with Crippen molar-refractivity contribution >= 4 is 6.03 Å². The predicted octanol–water partition coefficient (Wildman–Crippen LogP) is 3.87. The fourth-order valence-corrected chi connectivity index (χ4v) is 2.12. The van der Waals surface area contributed by atoms with Gasteiger partial charge in [0.2, 0.25) is 0 Å². The third-order valence-electron chi connectivity index (χ3n) is 3.33. The number of aromatic nitrogens is 2. The van der Waals surface area contributed by atoms with Gasteiger partial charge in [0.15, 0.2) is 0 Å². The van der Waals surface area contributed by atoms with Crippen LogP contribution in [0.15, 0.2) is 67.0 Å². The van der Waals surface area contributed by atoms with Crippen molar-refractivity contribution in [2.24, 2.45) is 0 Å². The average Bonchev–Trinajstić information content (AvgIpc) is 3.05. The Labute approximate surface area is 134 Å². The van der Waals surface area contributed by atoms with Crippen LogP contribution in [0.2, 0.25) is 0 Å². The normalized spacial score (nSPS) is 10.3. The van der Waals surface area contributed by atoms with Crippen molar-refractivity contribution in [3.8, 4) is 22.6 Å². The summed E-state index contributed by atoms with van der Waals surface area (Å²) in [4.78, 5) is 13.3. The molecule has 0 saturated heterocycles. The van der Waals surface area contributed by atoms with Gasteiger partial charge in [-0.3, -0.25) is 0 Å². The number of carbonyl (C=O) groups is 1. The van der Waals surface area contributed by atoms with E-state index in [0.29, 0.717) is 0 Å². The van der Waals surface area contributed by atoms with Gasteiger partial charge in [0.25, 0.3) is 0 Å². The molecule has 1 heterocycles. The van der Waals surface area contributed by atoms with Crippen LogP contribution in [0.1, 0.15) is 0 Å². The molecule has 2 aromatic carbocycles. The Morgan fingerprint density at radius 3 is 2.26 bits per heavy atom. The minimum absolute atomic E-state index is 0.180. The molecule has 23 heavy (non-hydrogen) atoms. The van der Waals surface area contributed by atoms with Crippen LogP contribution in [-0.2, 0) is 0 Å². The maximum atomic E-state index is 11.9. The second-order valence-corrected chi connectivity index (χ2v) is 5.29. The zero-order valence-corrected chi connectivity index (χ0v) is 13.0. The molecule has 3 aromatic rings. The molecular formula is C18H17N3O2. The first kappa shape index (κ1) is 14.8. The van der Waals surface area contributed by atoms with Crippen molar-refractivity contribution in [3.63, 3.8) is 0 Å². The maximum absolute atomic E-state index is 11.9. The van der Waals surface area contributed by atoms with E-state index in [1.54, 1.807) is 26.5 Å². The lowest BCUT2D eigenvalue weighted by Crippen LogP contribution is -2.27. The van der Waals surface area contributed by atoms with E-state index in [1.807, 2.05) is 54.6 Å². The van der Waals surface area contributed by atoms with E-state index in [-0.39, 0.29) is 6.03 Å². The number of benzene rings is 2. The molecule has 0 unspecified atom stereocenters. The number of nitrogens with zero attached hydrogens (tertiary/aromatic N) is 3. The Kier molecular flexibility index (Phi) is 4.10. The van der Waals surface area contributed by atoms with Gasteiger partial charge in [-0.1, -0.05) is 30.3 Å². The molecule has 0 saturated carbocycles. The first-order valence-corrected chi connectivity index (χ1v) is 7.23. The lowest BCUT2D eigenvalue weighted by Gasteiger charge is -2.08. The first-order valence-electron chi connectivity index (χ1n) is 7.23. The Balaban J connectivity index is 1.76. The van der Waals surface area contributed by atoms with Gasteiger partial charge in [0.05, 0.1) is 6.20 Å². The predicted molar refractivity (Wildman–Crippen MR) is 88.7 cm³/mol. The molecule has 0 N–H and O–H groups in total. The molecule has 0 spiro atoms. The summed E-state index contributed by atoms with van der Waals surface area (Å²) in [6.45, 7) is 0. The molecule has 3 rings (SSSR count). The number of para-hydroxylation sites is 1. The van der Waals surface area contributed by atoms with E-state index in [2.05, 4.69) is 5.10 Å². The Hall–Kier alpha value is -3.08. The van der Waals surface area contributed by atoms with Crippen molar-refractivity contribution in [2.45, 2.75) is 0 Å². The summed E-state index contributed by atoms with van der Waals surface area (Å²) >= 11 is 0. The number of hydrogen-bond donors (Lipinski definition) is 0. The van der Waals surface area contributed by atoms with Gasteiger partial charge in [-0.15, -0.1) is 0 Å². The van der Waals surface area contributed by atoms with Crippen LogP contribution in [0.25, 0.3) is 11.1 Å². The van der Waals surface area contributed by atoms with Crippen molar-refractivity contribution in [2.75, 3.05) is 14.1 Å². The van der Waals surface area contributed by atoms with Gasteiger partial charge in [-0.2, -0.15) is 9.78 Å². The van der Waals surface area contributed by atoms with Crippen LogP contribution in [0.4, 0.5) is 4.79 Å². The van der Waals surface area contributed by atoms with Gasteiger partial charge in [0.1, 0.15) is 11.5 Å². The van der Waals surface area contributed by atoms with Crippen molar-refractivity contribution < 1.29 is 9.53 Å². The van der Waals surface area contributed by atoms with Crippen molar-refractivity contribution in [1.82, 2.24) is 14.7 Å². The zero-order valence-electron chi connectivity index (χ0n) is 13.0. The summed E-state index contributed by atoms with van der Waals surface area (Å²) in [6.07, 6.45) is 3.39. The molecule has 0 fully saturated rings. The molecule has 1 amide bonds. The lowest BCUT2D eigenvalue weighted by atomic mass is 10.1. The first-order chi connectivity index (χ1) is 11.1. The molecule has 0 aliphatic rings. The van der Waals surface area contributed by atoms with Crippen LogP contribution < -0.4 is 4.74 Å². The highest BCUT2D eigenvalue weighted by atomic mass is 16.5. The highest BCUT2D eigenvalue weighted by molar-refractivity contribution is 5.77. The second kappa shape index (κ2) is 6.36. The maximum Gasteiger partial charge on any atom is 0.344 e. The molecule has 1 aromatic heterocycles. The average molecular weight is 307 g/mol. The Morgan fingerprint density at radius 2 is 1.61 bits per heavy atom. The Morgan fingerprint density at radius 1 is 0.957 bits per heavy atom. The van der Waals surface area contributed by atoms with Gasteiger partial charge >= 0.3 is 6.03 Å².